The van der Waals surface area contributed by atoms with E-state index in [0.29, 0.717) is 17.9 Å². The fourth-order valence-electron chi connectivity index (χ4n) is 3.78. The van der Waals surface area contributed by atoms with E-state index >= 15 is 0 Å². The molecule has 0 fully saturated rings. The van der Waals surface area contributed by atoms with Crippen LogP contribution >= 0.6 is 0 Å². The molecular weight excluding hydrogens is 390 g/mol. The number of carboxylic acids is 1. The van der Waals surface area contributed by atoms with Crippen molar-refractivity contribution < 1.29 is 19.7 Å². The number of ether oxygens (including phenoxy) is 1. The first-order valence-corrected chi connectivity index (χ1v) is 10.0. The summed E-state index contributed by atoms with van der Waals surface area (Å²) >= 11 is 0. The molecule has 0 saturated heterocycles. The fraction of sp³-hybridized carbons (Fsp3) is 0.154. The Labute approximate surface area is 180 Å². The van der Waals surface area contributed by atoms with Crippen molar-refractivity contribution in [1.29, 1.82) is 0 Å². The first-order valence-electron chi connectivity index (χ1n) is 10.0. The molecule has 0 radical (unpaired) electrons. The number of hydrogen-bond donors (Lipinski definition) is 2. The average Bonchev–Trinajstić information content (AvgIpc) is 2.75. The molecule has 0 aliphatic heterocycles. The number of aromatic hydroxyl groups is 1. The van der Waals surface area contributed by atoms with E-state index in [1.54, 1.807) is 6.07 Å². The van der Waals surface area contributed by atoms with Gasteiger partial charge in [-0.3, -0.25) is 0 Å². The van der Waals surface area contributed by atoms with E-state index in [0.717, 1.165) is 38.7 Å². The quantitative estimate of drug-likeness (QED) is 0.450. The molecule has 0 aliphatic rings. The molecule has 0 spiro atoms. The van der Waals surface area contributed by atoms with Crippen molar-refractivity contribution in [2.24, 2.45) is 0 Å². The van der Waals surface area contributed by atoms with E-state index in [2.05, 4.69) is 6.07 Å². The lowest BCUT2D eigenvalue weighted by Crippen LogP contribution is -2.10. The minimum atomic E-state index is -1.01. The van der Waals surface area contributed by atoms with Crippen molar-refractivity contribution in [3.8, 4) is 22.8 Å². The molecule has 0 amide bonds. The maximum absolute atomic E-state index is 10.7. The highest BCUT2D eigenvalue weighted by Crippen LogP contribution is 2.31. The smallest absolute Gasteiger partial charge is 0.341 e. The Kier molecular flexibility index (Phi) is 5.58. The van der Waals surface area contributed by atoms with Crippen LogP contribution in [-0.2, 0) is 11.2 Å². The summed E-state index contributed by atoms with van der Waals surface area (Å²) in [5.74, 6) is -0.324. The Morgan fingerprint density at radius 3 is 2.35 bits per heavy atom. The van der Waals surface area contributed by atoms with Crippen LogP contribution < -0.4 is 4.74 Å². The number of carboxylic acid groups (broad SMARTS) is 1. The number of aromatic nitrogens is 1. The second kappa shape index (κ2) is 8.48. The number of benzene rings is 3. The van der Waals surface area contributed by atoms with Crippen LogP contribution in [-0.4, -0.2) is 27.8 Å². The number of rotatable bonds is 6. The van der Waals surface area contributed by atoms with Crippen LogP contribution in [0.4, 0.5) is 0 Å². The van der Waals surface area contributed by atoms with Gasteiger partial charge in [-0.1, -0.05) is 36.4 Å². The molecule has 1 heterocycles. The first-order chi connectivity index (χ1) is 14.9. The largest absolute Gasteiger partial charge is 0.506 e. The second-order valence-corrected chi connectivity index (χ2v) is 7.63. The lowest BCUT2D eigenvalue weighted by molar-refractivity contribution is -0.139. The zero-order valence-corrected chi connectivity index (χ0v) is 17.4. The summed E-state index contributed by atoms with van der Waals surface area (Å²) in [5, 5.41) is 21.5. The summed E-state index contributed by atoms with van der Waals surface area (Å²) < 4.78 is 5.31. The van der Waals surface area contributed by atoms with Crippen LogP contribution in [0.3, 0.4) is 0 Å². The minimum Gasteiger partial charge on any atom is -0.506 e. The van der Waals surface area contributed by atoms with Crippen LogP contribution in [0.15, 0.2) is 66.7 Å². The van der Waals surface area contributed by atoms with E-state index in [9.17, 15) is 9.90 Å². The standard InChI is InChI=1S/C26H23NO4/c1-16-11-22(31-15-25(29)30)12-17(2)23(16)14-21-9-10-24(28)26(27-21)20-8-7-18-5-3-4-6-19(18)13-20/h3-13,28H,14-15H2,1-2H3,(H,29,30). The first kappa shape index (κ1) is 20.4. The van der Waals surface area contributed by atoms with Crippen LogP contribution in [0.2, 0.25) is 0 Å². The monoisotopic (exact) mass is 413 g/mol. The SMILES string of the molecule is Cc1cc(OCC(=O)O)cc(C)c1Cc1ccc(O)c(-c2ccc3ccccc3c2)n1. The summed E-state index contributed by atoms with van der Waals surface area (Å²) in [7, 11) is 0. The van der Waals surface area contributed by atoms with E-state index in [1.807, 2.05) is 68.4 Å². The number of hydrogen-bond acceptors (Lipinski definition) is 4. The summed E-state index contributed by atoms with van der Waals surface area (Å²) in [5.41, 5.74) is 5.37. The van der Waals surface area contributed by atoms with Gasteiger partial charge in [-0.25, -0.2) is 9.78 Å². The van der Waals surface area contributed by atoms with Gasteiger partial charge >= 0.3 is 5.97 Å². The van der Waals surface area contributed by atoms with Crippen molar-refractivity contribution in [2.45, 2.75) is 20.3 Å². The lowest BCUT2D eigenvalue weighted by atomic mass is 9.97. The van der Waals surface area contributed by atoms with E-state index in [-0.39, 0.29) is 12.4 Å². The van der Waals surface area contributed by atoms with Gasteiger partial charge in [0.1, 0.15) is 17.2 Å². The number of aliphatic carboxylic acids is 1. The Morgan fingerprint density at radius 1 is 0.935 bits per heavy atom. The van der Waals surface area contributed by atoms with Gasteiger partial charge in [0.25, 0.3) is 0 Å². The number of carbonyl (C=O) groups is 1. The van der Waals surface area contributed by atoms with Gasteiger partial charge < -0.3 is 14.9 Å². The molecule has 3 aromatic carbocycles. The third-order valence-electron chi connectivity index (χ3n) is 5.34. The highest BCUT2D eigenvalue weighted by Gasteiger charge is 2.12. The maximum atomic E-state index is 10.7. The number of aryl methyl sites for hydroxylation is 2. The molecule has 4 aromatic rings. The van der Waals surface area contributed by atoms with E-state index < -0.39 is 5.97 Å². The van der Waals surface area contributed by atoms with Crippen molar-refractivity contribution in [3.05, 3.63) is 89.1 Å². The predicted molar refractivity (Wildman–Crippen MR) is 121 cm³/mol. The summed E-state index contributed by atoms with van der Waals surface area (Å²) in [6.07, 6.45) is 0.595. The molecule has 0 unspecified atom stereocenters. The molecule has 0 aliphatic carbocycles. The predicted octanol–water partition coefficient (Wildman–Crippen LogP) is 5.28. The molecule has 0 bridgehead atoms. The third kappa shape index (κ3) is 4.51. The van der Waals surface area contributed by atoms with Gasteiger partial charge in [0.2, 0.25) is 0 Å². The average molecular weight is 413 g/mol. The van der Waals surface area contributed by atoms with Crippen molar-refractivity contribution >= 4 is 16.7 Å². The molecular formula is C26H23NO4. The zero-order valence-electron chi connectivity index (χ0n) is 17.4. The normalized spacial score (nSPS) is 10.9. The highest BCUT2D eigenvalue weighted by atomic mass is 16.5. The number of nitrogens with zero attached hydrogens (tertiary/aromatic N) is 1. The molecule has 5 heteroatoms. The van der Waals surface area contributed by atoms with Crippen molar-refractivity contribution in [1.82, 2.24) is 4.98 Å². The van der Waals surface area contributed by atoms with E-state index in [4.69, 9.17) is 14.8 Å². The Bertz CT molecular complexity index is 1260. The molecule has 0 atom stereocenters. The highest BCUT2D eigenvalue weighted by molar-refractivity contribution is 5.87. The summed E-state index contributed by atoms with van der Waals surface area (Å²) in [4.78, 5) is 15.5. The van der Waals surface area contributed by atoms with Gasteiger partial charge in [-0.05, 0) is 71.6 Å². The molecule has 0 saturated carbocycles. The zero-order chi connectivity index (χ0) is 22.0. The molecule has 2 N–H and O–H groups in total. The topological polar surface area (TPSA) is 79.7 Å². The third-order valence-corrected chi connectivity index (χ3v) is 5.34. The maximum Gasteiger partial charge on any atom is 0.341 e. The van der Waals surface area contributed by atoms with Crippen molar-refractivity contribution in [3.63, 3.8) is 0 Å². The second-order valence-electron chi connectivity index (χ2n) is 7.63. The molecule has 156 valence electrons. The lowest BCUT2D eigenvalue weighted by Gasteiger charge is -2.14. The fourth-order valence-corrected chi connectivity index (χ4v) is 3.78. The van der Waals surface area contributed by atoms with Crippen LogP contribution in [0.5, 0.6) is 11.5 Å². The van der Waals surface area contributed by atoms with Gasteiger partial charge in [0.15, 0.2) is 6.61 Å². The van der Waals surface area contributed by atoms with Gasteiger partial charge in [0, 0.05) is 17.7 Å². The molecule has 4 rings (SSSR count). The summed E-state index contributed by atoms with van der Waals surface area (Å²) in [6.45, 7) is 3.58. The van der Waals surface area contributed by atoms with Crippen molar-refractivity contribution in [2.75, 3.05) is 6.61 Å². The van der Waals surface area contributed by atoms with Gasteiger partial charge in [-0.2, -0.15) is 0 Å². The van der Waals surface area contributed by atoms with Crippen LogP contribution in [0, 0.1) is 13.8 Å². The van der Waals surface area contributed by atoms with Crippen LogP contribution in [0.1, 0.15) is 22.4 Å². The molecule has 31 heavy (non-hydrogen) atoms. The van der Waals surface area contributed by atoms with Gasteiger partial charge in [-0.15, -0.1) is 0 Å². The number of fused-ring (bicyclic) bond motifs is 1. The Balaban J connectivity index is 1.65. The van der Waals surface area contributed by atoms with E-state index in [1.165, 1.54) is 0 Å². The molecule has 1 aromatic heterocycles. The Hall–Kier alpha value is -3.86. The van der Waals surface area contributed by atoms with Crippen LogP contribution in [0.25, 0.3) is 22.0 Å². The van der Waals surface area contributed by atoms with Gasteiger partial charge in [0.05, 0.1) is 0 Å². The minimum absolute atomic E-state index is 0.143. The number of pyridine rings is 1. The molecule has 5 nitrogen and oxygen atoms in total. The summed E-state index contributed by atoms with van der Waals surface area (Å²) in [6, 6.07) is 21.3. The Morgan fingerprint density at radius 2 is 1.65 bits per heavy atom.